The van der Waals surface area contributed by atoms with E-state index < -0.39 is 0 Å². The average Bonchev–Trinajstić information content (AvgIpc) is 3.02. The summed E-state index contributed by atoms with van der Waals surface area (Å²) in [5.74, 6) is 0.144. The summed E-state index contributed by atoms with van der Waals surface area (Å²) in [6, 6.07) is 10.1. The number of amides is 1. The van der Waals surface area contributed by atoms with Crippen LogP contribution < -0.4 is 10.6 Å². The molecular formula is C17H26N2O2. The monoisotopic (exact) mass is 290 g/mol. The van der Waals surface area contributed by atoms with E-state index in [2.05, 4.69) is 29.7 Å². The van der Waals surface area contributed by atoms with Gasteiger partial charge in [0.2, 0.25) is 5.91 Å². The second-order valence-corrected chi connectivity index (χ2v) is 5.61. The maximum atomic E-state index is 12.2. The highest BCUT2D eigenvalue weighted by Gasteiger charge is 2.38. The van der Waals surface area contributed by atoms with E-state index in [0.717, 1.165) is 32.2 Å². The minimum atomic E-state index is -0.328. The number of hydrogen-bond donors (Lipinski definition) is 2. The molecule has 1 unspecified atom stereocenters. The Kier molecular flexibility index (Phi) is 6.21. The molecule has 21 heavy (non-hydrogen) atoms. The third-order valence-electron chi connectivity index (χ3n) is 4.14. The van der Waals surface area contributed by atoms with Gasteiger partial charge in [0.1, 0.15) is 0 Å². The number of carbonyl (C=O) groups excluding carboxylic acids is 1. The van der Waals surface area contributed by atoms with Gasteiger partial charge in [-0.2, -0.15) is 0 Å². The van der Waals surface area contributed by atoms with Crippen molar-refractivity contribution in [1.82, 2.24) is 10.6 Å². The van der Waals surface area contributed by atoms with Gasteiger partial charge < -0.3 is 15.4 Å². The van der Waals surface area contributed by atoms with Crippen LogP contribution in [0.2, 0.25) is 0 Å². The average molecular weight is 290 g/mol. The Morgan fingerprint density at radius 3 is 2.86 bits per heavy atom. The lowest BCUT2D eigenvalue weighted by molar-refractivity contribution is -0.127. The third kappa shape index (κ3) is 4.55. The fourth-order valence-corrected chi connectivity index (χ4v) is 2.77. The van der Waals surface area contributed by atoms with Crippen LogP contribution in [0.3, 0.4) is 0 Å². The molecule has 1 amide bonds. The van der Waals surface area contributed by atoms with Crippen LogP contribution in [0.5, 0.6) is 0 Å². The summed E-state index contributed by atoms with van der Waals surface area (Å²) >= 11 is 0. The molecule has 0 spiro atoms. The molecule has 0 aromatic heterocycles. The predicted octanol–water partition coefficient (Wildman–Crippen LogP) is 2.24. The molecule has 4 heteroatoms. The van der Waals surface area contributed by atoms with Crippen LogP contribution in [-0.2, 0) is 16.1 Å². The second kappa shape index (κ2) is 8.15. The number of rotatable bonds is 8. The molecule has 1 atom stereocenters. The lowest BCUT2D eigenvalue weighted by Gasteiger charge is -2.26. The summed E-state index contributed by atoms with van der Waals surface area (Å²) < 4.78 is 5.61. The molecule has 1 aromatic rings. The third-order valence-corrected chi connectivity index (χ3v) is 4.14. The molecule has 116 valence electrons. The summed E-state index contributed by atoms with van der Waals surface area (Å²) in [5, 5.41) is 6.38. The SMILES string of the molecule is CCC1(C(=O)NCCCOCc2ccccc2)CCCN1. The summed E-state index contributed by atoms with van der Waals surface area (Å²) in [7, 11) is 0. The first-order valence-electron chi connectivity index (χ1n) is 7.92. The van der Waals surface area contributed by atoms with Gasteiger partial charge >= 0.3 is 0 Å². The van der Waals surface area contributed by atoms with E-state index in [1.165, 1.54) is 5.56 Å². The molecule has 0 bridgehead atoms. The van der Waals surface area contributed by atoms with Crippen molar-refractivity contribution in [3.63, 3.8) is 0 Å². The van der Waals surface area contributed by atoms with Gasteiger partial charge in [-0.1, -0.05) is 37.3 Å². The Morgan fingerprint density at radius 1 is 1.38 bits per heavy atom. The van der Waals surface area contributed by atoms with Crippen molar-refractivity contribution in [3.05, 3.63) is 35.9 Å². The maximum absolute atomic E-state index is 12.2. The largest absolute Gasteiger partial charge is 0.377 e. The molecule has 4 nitrogen and oxygen atoms in total. The second-order valence-electron chi connectivity index (χ2n) is 5.61. The van der Waals surface area contributed by atoms with Crippen LogP contribution in [0.1, 0.15) is 38.2 Å². The molecule has 2 rings (SSSR count). The van der Waals surface area contributed by atoms with Crippen molar-refractivity contribution in [1.29, 1.82) is 0 Å². The zero-order chi connectivity index (χ0) is 15.0. The highest BCUT2D eigenvalue weighted by Crippen LogP contribution is 2.22. The molecule has 0 aliphatic carbocycles. The zero-order valence-electron chi connectivity index (χ0n) is 12.9. The van der Waals surface area contributed by atoms with Gasteiger partial charge in [-0.25, -0.2) is 0 Å². The van der Waals surface area contributed by atoms with Crippen molar-refractivity contribution >= 4 is 5.91 Å². The van der Waals surface area contributed by atoms with Gasteiger partial charge in [0, 0.05) is 13.2 Å². The highest BCUT2D eigenvalue weighted by molar-refractivity contribution is 5.86. The van der Waals surface area contributed by atoms with E-state index in [4.69, 9.17) is 4.74 Å². The van der Waals surface area contributed by atoms with Crippen LogP contribution in [-0.4, -0.2) is 31.1 Å². The molecule has 1 aromatic carbocycles. The quantitative estimate of drug-likeness (QED) is 0.722. The van der Waals surface area contributed by atoms with Gasteiger partial charge in [-0.15, -0.1) is 0 Å². The number of ether oxygens (including phenoxy) is 1. The van der Waals surface area contributed by atoms with E-state index in [9.17, 15) is 4.79 Å². The normalized spacial score (nSPS) is 21.4. The standard InChI is InChI=1S/C17H26N2O2/c1-2-17(10-6-12-19-17)16(20)18-11-7-13-21-14-15-8-4-3-5-9-15/h3-5,8-9,19H,2,6-7,10-14H2,1H3,(H,18,20). The van der Waals surface area contributed by atoms with Crippen LogP contribution in [0, 0.1) is 0 Å². The Hall–Kier alpha value is -1.39. The van der Waals surface area contributed by atoms with Crippen molar-refractivity contribution < 1.29 is 9.53 Å². The summed E-state index contributed by atoms with van der Waals surface area (Å²) in [6.45, 7) is 5.00. The summed E-state index contributed by atoms with van der Waals surface area (Å²) in [6.07, 6.45) is 3.73. The maximum Gasteiger partial charge on any atom is 0.240 e. The predicted molar refractivity (Wildman–Crippen MR) is 84.0 cm³/mol. The first-order chi connectivity index (χ1) is 10.3. The number of nitrogens with one attached hydrogen (secondary N) is 2. The molecule has 0 saturated carbocycles. The molecular weight excluding hydrogens is 264 g/mol. The van der Waals surface area contributed by atoms with Crippen LogP contribution in [0.15, 0.2) is 30.3 Å². The van der Waals surface area contributed by atoms with E-state index in [0.29, 0.717) is 19.8 Å². The highest BCUT2D eigenvalue weighted by atomic mass is 16.5. The zero-order valence-corrected chi connectivity index (χ0v) is 12.9. The van der Waals surface area contributed by atoms with E-state index >= 15 is 0 Å². The fraction of sp³-hybridized carbons (Fsp3) is 0.588. The van der Waals surface area contributed by atoms with E-state index in [1.54, 1.807) is 0 Å². The number of carbonyl (C=O) groups is 1. The molecule has 0 radical (unpaired) electrons. The molecule has 1 aliphatic rings. The molecule has 2 N–H and O–H groups in total. The molecule has 1 aliphatic heterocycles. The van der Waals surface area contributed by atoms with Crippen molar-refractivity contribution in [2.75, 3.05) is 19.7 Å². The molecule has 1 saturated heterocycles. The minimum absolute atomic E-state index is 0.144. The van der Waals surface area contributed by atoms with E-state index in [1.807, 2.05) is 18.2 Å². The molecule has 1 heterocycles. The Bertz CT molecular complexity index is 428. The van der Waals surface area contributed by atoms with Crippen molar-refractivity contribution in [2.24, 2.45) is 0 Å². The van der Waals surface area contributed by atoms with Crippen LogP contribution >= 0.6 is 0 Å². The van der Waals surface area contributed by atoms with Gasteiger partial charge in [-0.05, 0) is 37.8 Å². The lowest BCUT2D eigenvalue weighted by atomic mass is 9.93. The topological polar surface area (TPSA) is 50.4 Å². The first-order valence-corrected chi connectivity index (χ1v) is 7.92. The van der Waals surface area contributed by atoms with Crippen molar-refractivity contribution in [2.45, 2.75) is 44.8 Å². The van der Waals surface area contributed by atoms with E-state index in [-0.39, 0.29) is 11.4 Å². The minimum Gasteiger partial charge on any atom is -0.377 e. The van der Waals surface area contributed by atoms with Gasteiger partial charge in [0.15, 0.2) is 0 Å². The first kappa shape index (κ1) is 16.0. The van der Waals surface area contributed by atoms with Gasteiger partial charge in [0.05, 0.1) is 12.1 Å². The summed E-state index contributed by atoms with van der Waals surface area (Å²) in [4.78, 5) is 12.2. The Labute approximate surface area is 127 Å². The smallest absolute Gasteiger partial charge is 0.240 e. The lowest BCUT2D eigenvalue weighted by Crippen LogP contribution is -2.53. The van der Waals surface area contributed by atoms with Crippen LogP contribution in [0.4, 0.5) is 0 Å². The van der Waals surface area contributed by atoms with Gasteiger partial charge in [-0.3, -0.25) is 4.79 Å². The number of hydrogen-bond acceptors (Lipinski definition) is 3. The number of benzene rings is 1. The Balaban J connectivity index is 1.58. The Morgan fingerprint density at radius 2 is 2.19 bits per heavy atom. The van der Waals surface area contributed by atoms with Crippen LogP contribution in [0.25, 0.3) is 0 Å². The summed E-state index contributed by atoms with van der Waals surface area (Å²) in [5.41, 5.74) is 0.854. The van der Waals surface area contributed by atoms with Gasteiger partial charge in [0.25, 0.3) is 0 Å². The molecule has 1 fully saturated rings. The fourth-order valence-electron chi connectivity index (χ4n) is 2.77. The van der Waals surface area contributed by atoms with Crippen molar-refractivity contribution in [3.8, 4) is 0 Å².